The number of carbonyl (C=O) groups excluding carboxylic acids is 1. The Kier molecular flexibility index (Phi) is 3.22. The Morgan fingerprint density at radius 2 is 2.11 bits per heavy atom. The maximum Gasteiger partial charge on any atom is 0.200 e. The number of aryl methyl sites for hydroxylation is 1. The highest BCUT2D eigenvalue weighted by atomic mass is 16.5. The normalized spacial score (nSPS) is 18.1. The lowest BCUT2D eigenvalue weighted by molar-refractivity contribution is 0.0343. The van der Waals surface area contributed by atoms with Crippen LogP contribution in [0.4, 0.5) is 0 Å². The van der Waals surface area contributed by atoms with E-state index in [0.29, 0.717) is 18.8 Å². The van der Waals surface area contributed by atoms with Crippen molar-refractivity contribution in [3.8, 4) is 0 Å². The lowest BCUT2D eigenvalue weighted by atomic mass is 9.94. The molecular formula is C16H16O3. The topological polar surface area (TPSA) is 39.4 Å². The second-order valence-corrected chi connectivity index (χ2v) is 4.85. The number of Topliss-reactive ketones (excluding diaryl/α,β-unsaturated/α-hetero) is 1. The molecule has 1 aromatic heterocycles. The Morgan fingerprint density at radius 3 is 2.89 bits per heavy atom. The Morgan fingerprint density at radius 1 is 1.26 bits per heavy atom. The van der Waals surface area contributed by atoms with Gasteiger partial charge in [0.25, 0.3) is 0 Å². The minimum atomic E-state index is -0.150. The van der Waals surface area contributed by atoms with Crippen molar-refractivity contribution < 1.29 is 13.9 Å². The van der Waals surface area contributed by atoms with Gasteiger partial charge in [0.15, 0.2) is 5.76 Å². The highest BCUT2D eigenvalue weighted by molar-refractivity contribution is 5.93. The summed E-state index contributed by atoms with van der Waals surface area (Å²) in [5, 5.41) is 0. The van der Waals surface area contributed by atoms with E-state index >= 15 is 0 Å². The van der Waals surface area contributed by atoms with E-state index in [1.54, 1.807) is 6.07 Å². The van der Waals surface area contributed by atoms with Gasteiger partial charge in [-0.1, -0.05) is 24.3 Å². The molecule has 3 nitrogen and oxygen atoms in total. The maximum absolute atomic E-state index is 12.2. The van der Waals surface area contributed by atoms with E-state index in [1.807, 2.05) is 31.2 Å². The molecule has 0 fully saturated rings. The number of benzene rings is 1. The molecule has 98 valence electrons. The van der Waals surface area contributed by atoms with Crippen LogP contribution in [0.5, 0.6) is 0 Å². The maximum atomic E-state index is 12.2. The summed E-state index contributed by atoms with van der Waals surface area (Å²) in [5.41, 5.74) is 2.41. The Labute approximate surface area is 112 Å². The van der Waals surface area contributed by atoms with Crippen LogP contribution in [0.25, 0.3) is 0 Å². The molecule has 0 amide bonds. The molecule has 2 aromatic rings. The summed E-state index contributed by atoms with van der Waals surface area (Å²) >= 11 is 0. The van der Waals surface area contributed by atoms with Crippen molar-refractivity contribution in [3.05, 3.63) is 59.0 Å². The van der Waals surface area contributed by atoms with Crippen LogP contribution in [0, 0.1) is 6.92 Å². The Balaban J connectivity index is 1.79. The Hall–Kier alpha value is -1.87. The van der Waals surface area contributed by atoms with Crippen LogP contribution in [0.15, 0.2) is 40.8 Å². The van der Waals surface area contributed by atoms with Crippen molar-refractivity contribution in [1.29, 1.82) is 0 Å². The second-order valence-electron chi connectivity index (χ2n) is 4.85. The van der Waals surface area contributed by atoms with Crippen molar-refractivity contribution in [2.45, 2.75) is 25.9 Å². The average molecular weight is 256 g/mol. The molecule has 0 saturated heterocycles. The number of hydrogen-bond acceptors (Lipinski definition) is 3. The molecule has 0 N–H and O–H groups in total. The van der Waals surface area contributed by atoms with Gasteiger partial charge in [0.05, 0.1) is 12.7 Å². The van der Waals surface area contributed by atoms with Gasteiger partial charge in [-0.15, -0.1) is 0 Å². The minimum Gasteiger partial charge on any atom is -0.458 e. The third-order valence-corrected chi connectivity index (χ3v) is 3.48. The van der Waals surface area contributed by atoms with Gasteiger partial charge in [-0.05, 0) is 36.6 Å². The highest BCUT2D eigenvalue weighted by Crippen LogP contribution is 2.30. The molecule has 3 heteroatoms. The monoisotopic (exact) mass is 256 g/mol. The largest absolute Gasteiger partial charge is 0.458 e. The first kappa shape index (κ1) is 12.2. The second kappa shape index (κ2) is 5.02. The molecule has 1 aliphatic rings. The average Bonchev–Trinajstić information content (AvgIpc) is 2.86. The first-order valence-electron chi connectivity index (χ1n) is 6.53. The molecule has 19 heavy (non-hydrogen) atoms. The number of furan rings is 1. The fraction of sp³-hybridized carbons (Fsp3) is 0.312. The van der Waals surface area contributed by atoms with Crippen molar-refractivity contribution in [3.63, 3.8) is 0 Å². The van der Waals surface area contributed by atoms with Gasteiger partial charge in [0, 0.05) is 6.42 Å². The predicted octanol–water partition coefficient (Wildman–Crippen LogP) is 3.47. The summed E-state index contributed by atoms with van der Waals surface area (Å²) in [6, 6.07) is 11.7. The van der Waals surface area contributed by atoms with Crippen LogP contribution in [-0.2, 0) is 11.2 Å². The third kappa shape index (κ3) is 2.47. The summed E-state index contributed by atoms with van der Waals surface area (Å²) in [5.74, 6) is 1.17. The number of carbonyl (C=O) groups is 1. The Bertz CT molecular complexity index is 598. The zero-order valence-electron chi connectivity index (χ0n) is 10.9. The zero-order valence-corrected chi connectivity index (χ0v) is 10.9. The summed E-state index contributed by atoms with van der Waals surface area (Å²) in [7, 11) is 0. The van der Waals surface area contributed by atoms with Crippen molar-refractivity contribution >= 4 is 5.78 Å². The SMILES string of the molecule is Cc1ccc(C(=O)CC2OCCc3ccccc32)o1. The number of ketones is 1. The van der Waals surface area contributed by atoms with E-state index in [-0.39, 0.29) is 11.9 Å². The number of fused-ring (bicyclic) bond motifs is 1. The molecule has 0 radical (unpaired) electrons. The smallest absolute Gasteiger partial charge is 0.200 e. The van der Waals surface area contributed by atoms with E-state index in [0.717, 1.165) is 17.7 Å². The van der Waals surface area contributed by atoms with E-state index in [1.165, 1.54) is 5.56 Å². The fourth-order valence-corrected chi connectivity index (χ4v) is 2.50. The van der Waals surface area contributed by atoms with Crippen molar-refractivity contribution in [2.75, 3.05) is 6.61 Å². The molecule has 1 aliphatic heterocycles. The lowest BCUT2D eigenvalue weighted by Gasteiger charge is -2.25. The predicted molar refractivity (Wildman–Crippen MR) is 71.2 cm³/mol. The molecular weight excluding hydrogens is 240 g/mol. The van der Waals surface area contributed by atoms with Gasteiger partial charge in [-0.3, -0.25) is 4.79 Å². The van der Waals surface area contributed by atoms with Gasteiger partial charge in [0.1, 0.15) is 5.76 Å². The van der Waals surface area contributed by atoms with Crippen LogP contribution in [0.2, 0.25) is 0 Å². The molecule has 0 saturated carbocycles. The highest BCUT2D eigenvalue weighted by Gasteiger charge is 2.24. The van der Waals surface area contributed by atoms with Crippen LogP contribution < -0.4 is 0 Å². The summed E-state index contributed by atoms with van der Waals surface area (Å²) in [6.07, 6.45) is 1.10. The lowest BCUT2D eigenvalue weighted by Crippen LogP contribution is -2.19. The van der Waals surface area contributed by atoms with Crippen LogP contribution in [-0.4, -0.2) is 12.4 Å². The van der Waals surface area contributed by atoms with Crippen molar-refractivity contribution in [1.82, 2.24) is 0 Å². The van der Waals surface area contributed by atoms with Crippen LogP contribution in [0.3, 0.4) is 0 Å². The molecule has 3 rings (SSSR count). The van der Waals surface area contributed by atoms with Crippen molar-refractivity contribution in [2.24, 2.45) is 0 Å². The quantitative estimate of drug-likeness (QED) is 0.789. The zero-order chi connectivity index (χ0) is 13.2. The summed E-state index contributed by atoms with van der Waals surface area (Å²) in [4.78, 5) is 12.2. The van der Waals surface area contributed by atoms with Gasteiger partial charge in [-0.2, -0.15) is 0 Å². The van der Waals surface area contributed by atoms with Gasteiger partial charge in [-0.25, -0.2) is 0 Å². The van der Waals surface area contributed by atoms with E-state index < -0.39 is 0 Å². The number of hydrogen-bond donors (Lipinski definition) is 0. The van der Waals surface area contributed by atoms with E-state index in [4.69, 9.17) is 9.15 Å². The van der Waals surface area contributed by atoms with Gasteiger partial charge in [0.2, 0.25) is 5.78 Å². The molecule has 1 aromatic carbocycles. The fourth-order valence-electron chi connectivity index (χ4n) is 2.50. The molecule has 0 bridgehead atoms. The van der Waals surface area contributed by atoms with E-state index in [2.05, 4.69) is 6.07 Å². The summed E-state index contributed by atoms with van der Waals surface area (Å²) < 4.78 is 11.1. The van der Waals surface area contributed by atoms with Gasteiger partial charge >= 0.3 is 0 Å². The van der Waals surface area contributed by atoms with Crippen LogP contribution >= 0.6 is 0 Å². The van der Waals surface area contributed by atoms with Crippen LogP contribution in [0.1, 0.15) is 40.0 Å². The molecule has 0 spiro atoms. The van der Waals surface area contributed by atoms with E-state index in [9.17, 15) is 4.79 Å². The standard InChI is InChI=1S/C16H16O3/c1-11-6-7-15(19-11)14(17)10-16-13-5-3-2-4-12(13)8-9-18-16/h2-7,16H,8-10H2,1H3. The third-order valence-electron chi connectivity index (χ3n) is 3.48. The number of ether oxygens (including phenoxy) is 1. The molecule has 1 atom stereocenters. The first-order valence-corrected chi connectivity index (χ1v) is 6.53. The minimum absolute atomic E-state index is 0.00481. The summed E-state index contributed by atoms with van der Waals surface area (Å²) in [6.45, 7) is 2.51. The first-order chi connectivity index (χ1) is 9.24. The molecule has 1 unspecified atom stereocenters. The van der Waals surface area contributed by atoms with Gasteiger partial charge < -0.3 is 9.15 Å². The molecule has 0 aliphatic carbocycles. The molecule has 2 heterocycles. The number of rotatable bonds is 3.